The molecule has 0 spiro atoms. The molecule has 0 aliphatic carbocycles. The van der Waals surface area contributed by atoms with E-state index in [-0.39, 0.29) is 29.9 Å². The summed E-state index contributed by atoms with van der Waals surface area (Å²) in [5.74, 6) is -0.190. The van der Waals surface area contributed by atoms with Gasteiger partial charge in [0.2, 0.25) is 0 Å². The third kappa shape index (κ3) is 4.08. The van der Waals surface area contributed by atoms with Crippen LogP contribution in [0.3, 0.4) is 0 Å². The zero-order valence-corrected chi connectivity index (χ0v) is 14.5. The molecule has 2 rings (SSSR count). The Hall–Kier alpha value is -0.390. The van der Waals surface area contributed by atoms with Gasteiger partial charge in [-0.2, -0.15) is 5.26 Å². The van der Waals surface area contributed by atoms with Gasteiger partial charge in [0.1, 0.15) is 5.60 Å². The SMILES string of the molecule is COC(=O)CC[C@H]1CC2(CI)OC(CCC#N)CCC2O1. The Bertz CT molecular complexity index is 411. The van der Waals surface area contributed by atoms with Crippen molar-refractivity contribution >= 4 is 28.6 Å². The molecule has 3 unspecified atom stereocenters. The third-order valence-corrected chi connectivity index (χ3v) is 5.66. The summed E-state index contributed by atoms with van der Waals surface area (Å²) < 4.78 is 18.0. The molecule has 5 nitrogen and oxygen atoms in total. The monoisotopic (exact) mass is 407 g/mol. The quantitative estimate of drug-likeness (QED) is 0.385. The van der Waals surface area contributed by atoms with Gasteiger partial charge in [0.05, 0.1) is 31.5 Å². The number of fused-ring (bicyclic) bond motifs is 1. The van der Waals surface area contributed by atoms with E-state index in [1.165, 1.54) is 7.11 Å². The molecule has 118 valence electrons. The average molecular weight is 407 g/mol. The molecule has 6 heteroatoms. The second-order valence-corrected chi connectivity index (χ2v) is 6.54. The maximum absolute atomic E-state index is 11.3. The van der Waals surface area contributed by atoms with Gasteiger partial charge >= 0.3 is 5.97 Å². The van der Waals surface area contributed by atoms with Crippen molar-refractivity contribution in [3.63, 3.8) is 0 Å². The number of hydrogen-bond acceptors (Lipinski definition) is 5. The second kappa shape index (κ2) is 7.75. The van der Waals surface area contributed by atoms with Crippen LogP contribution in [-0.2, 0) is 19.0 Å². The first-order valence-corrected chi connectivity index (χ1v) is 8.99. The molecule has 2 aliphatic rings. The Balaban J connectivity index is 1.92. The summed E-state index contributed by atoms with van der Waals surface area (Å²) in [6.07, 6.45) is 5.54. The summed E-state index contributed by atoms with van der Waals surface area (Å²) in [4.78, 5) is 11.3. The Labute approximate surface area is 139 Å². The summed E-state index contributed by atoms with van der Waals surface area (Å²) >= 11 is 2.36. The van der Waals surface area contributed by atoms with Gasteiger partial charge in [0.15, 0.2) is 0 Å². The van der Waals surface area contributed by atoms with E-state index in [4.69, 9.17) is 14.7 Å². The van der Waals surface area contributed by atoms with Gasteiger partial charge in [-0.05, 0) is 25.7 Å². The zero-order chi connectivity index (χ0) is 15.3. The Morgan fingerprint density at radius 1 is 1.43 bits per heavy atom. The highest BCUT2D eigenvalue weighted by Crippen LogP contribution is 2.44. The topological polar surface area (TPSA) is 68.5 Å². The number of nitriles is 1. The van der Waals surface area contributed by atoms with E-state index in [1.807, 2.05) is 0 Å². The minimum Gasteiger partial charge on any atom is -0.469 e. The van der Waals surface area contributed by atoms with Crippen LogP contribution in [0.2, 0.25) is 0 Å². The number of ether oxygens (including phenoxy) is 3. The highest BCUT2D eigenvalue weighted by atomic mass is 127. The molecule has 0 aromatic rings. The molecule has 0 saturated carbocycles. The van der Waals surface area contributed by atoms with E-state index in [2.05, 4.69) is 33.4 Å². The van der Waals surface area contributed by atoms with Crippen LogP contribution in [0.1, 0.15) is 44.9 Å². The maximum atomic E-state index is 11.3. The number of nitrogens with zero attached hydrogens (tertiary/aromatic N) is 1. The van der Waals surface area contributed by atoms with E-state index in [9.17, 15) is 4.79 Å². The Morgan fingerprint density at radius 2 is 2.24 bits per heavy atom. The van der Waals surface area contributed by atoms with Crippen molar-refractivity contribution in [2.75, 3.05) is 11.5 Å². The van der Waals surface area contributed by atoms with E-state index < -0.39 is 0 Å². The van der Waals surface area contributed by atoms with Gasteiger partial charge < -0.3 is 14.2 Å². The lowest BCUT2D eigenvalue weighted by Gasteiger charge is -2.41. The fourth-order valence-corrected chi connectivity index (χ4v) is 4.24. The van der Waals surface area contributed by atoms with Crippen molar-refractivity contribution in [1.82, 2.24) is 0 Å². The third-order valence-electron chi connectivity index (χ3n) is 4.37. The normalized spacial score (nSPS) is 35.0. The van der Waals surface area contributed by atoms with E-state index in [0.29, 0.717) is 19.3 Å². The van der Waals surface area contributed by atoms with Crippen LogP contribution >= 0.6 is 22.6 Å². The van der Waals surface area contributed by atoms with Gasteiger partial charge in [-0.15, -0.1) is 0 Å². The lowest BCUT2D eigenvalue weighted by molar-refractivity contribution is -0.153. The van der Waals surface area contributed by atoms with E-state index >= 15 is 0 Å². The summed E-state index contributed by atoms with van der Waals surface area (Å²) in [6.45, 7) is 0. The summed E-state index contributed by atoms with van der Waals surface area (Å²) in [5.41, 5.74) is -0.236. The smallest absolute Gasteiger partial charge is 0.305 e. The van der Waals surface area contributed by atoms with Gasteiger partial charge in [-0.3, -0.25) is 4.79 Å². The number of halogens is 1. The highest BCUT2D eigenvalue weighted by Gasteiger charge is 2.52. The predicted molar refractivity (Wildman–Crippen MR) is 85.1 cm³/mol. The molecule has 2 fully saturated rings. The van der Waals surface area contributed by atoms with Crippen LogP contribution in [0.4, 0.5) is 0 Å². The minimum absolute atomic E-state index is 0.0681. The molecule has 0 aromatic carbocycles. The van der Waals surface area contributed by atoms with Gasteiger partial charge in [0.25, 0.3) is 0 Å². The van der Waals surface area contributed by atoms with Crippen LogP contribution in [-0.4, -0.2) is 41.4 Å². The number of rotatable bonds is 6. The molecule has 21 heavy (non-hydrogen) atoms. The largest absolute Gasteiger partial charge is 0.469 e. The van der Waals surface area contributed by atoms with Crippen LogP contribution in [0, 0.1) is 11.3 Å². The molecular formula is C15H22INO4. The lowest BCUT2D eigenvalue weighted by Crippen LogP contribution is -2.49. The standard InChI is InChI=1S/C15H22INO4/c1-19-14(18)7-5-12-9-15(10-16)13(20-12)6-4-11(21-15)3-2-8-17/h11-13H,2-7,9-10H2,1H3/t11?,12-,13?,15?/m0/s1. The molecule has 2 heterocycles. The molecule has 0 N–H and O–H groups in total. The average Bonchev–Trinajstić information content (AvgIpc) is 2.88. The van der Waals surface area contributed by atoms with Crippen LogP contribution < -0.4 is 0 Å². The summed E-state index contributed by atoms with van der Waals surface area (Å²) in [6, 6.07) is 2.19. The van der Waals surface area contributed by atoms with E-state index in [0.717, 1.165) is 30.1 Å². The van der Waals surface area contributed by atoms with Gasteiger partial charge in [-0.1, -0.05) is 22.6 Å². The molecule has 0 bridgehead atoms. The van der Waals surface area contributed by atoms with Crippen LogP contribution in [0.15, 0.2) is 0 Å². The van der Waals surface area contributed by atoms with Crippen molar-refractivity contribution in [3.8, 4) is 6.07 Å². The second-order valence-electron chi connectivity index (χ2n) is 5.78. The van der Waals surface area contributed by atoms with Gasteiger partial charge in [-0.25, -0.2) is 0 Å². The molecule has 0 radical (unpaired) electrons. The van der Waals surface area contributed by atoms with Crippen molar-refractivity contribution in [2.45, 2.75) is 68.9 Å². The van der Waals surface area contributed by atoms with Crippen LogP contribution in [0.5, 0.6) is 0 Å². The molecule has 2 saturated heterocycles. The number of esters is 1. The first-order chi connectivity index (χ1) is 10.1. The van der Waals surface area contributed by atoms with Crippen molar-refractivity contribution < 1.29 is 19.0 Å². The Kier molecular flexibility index (Phi) is 6.26. The summed E-state index contributed by atoms with van der Waals surface area (Å²) in [5, 5.41) is 8.72. The number of hydrogen-bond donors (Lipinski definition) is 0. The van der Waals surface area contributed by atoms with E-state index in [1.54, 1.807) is 0 Å². The zero-order valence-electron chi connectivity index (χ0n) is 12.3. The predicted octanol–water partition coefficient (Wildman–Crippen LogP) is 2.75. The lowest BCUT2D eigenvalue weighted by atomic mass is 9.87. The molecule has 0 aromatic heterocycles. The first-order valence-electron chi connectivity index (χ1n) is 7.46. The number of carbonyl (C=O) groups excluding carboxylic acids is 1. The van der Waals surface area contributed by atoms with Crippen LogP contribution in [0.25, 0.3) is 0 Å². The molecule has 2 aliphatic heterocycles. The first kappa shape index (κ1) is 17.0. The summed E-state index contributed by atoms with van der Waals surface area (Å²) in [7, 11) is 1.41. The number of carbonyl (C=O) groups is 1. The van der Waals surface area contributed by atoms with Crippen molar-refractivity contribution in [3.05, 3.63) is 0 Å². The van der Waals surface area contributed by atoms with Crippen molar-refractivity contribution in [2.24, 2.45) is 0 Å². The molecular weight excluding hydrogens is 385 g/mol. The fourth-order valence-electron chi connectivity index (χ4n) is 3.26. The number of alkyl halides is 1. The Morgan fingerprint density at radius 3 is 2.90 bits per heavy atom. The molecule has 4 atom stereocenters. The molecule has 0 amide bonds. The van der Waals surface area contributed by atoms with Crippen molar-refractivity contribution in [1.29, 1.82) is 5.26 Å². The fraction of sp³-hybridized carbons (Fsp3) is 0.867. The minimum atomic E-state index is -0.236. The maximum Gasteiger partial charge on any atom is 0.305 e. The number of methoxy groups -OCH3 is 1. The van der Waals surface area contributed by atoms with Gasteiger partial charge in [0, 0.05) is 23.7 Å². The highest BCUT2D eigenvalue weighted by molar-refractivity contribution is 14.1.